The first kappa shape index (κ1) is 16.5. The van der Waals surface area contributed by atoms with Crippen molar-refractivity contribution >= 4 is 5.91 Å². The van der Waals surface area contributed by atoms with E-state index in [-0.39, 0.29) is 17.3 Å². The van der Waals surface area contributed by atoms with Gasteiger partial charge in [-0.3, -0.25) is 4.79 Å². The number of amides is 1. The molecule has 0 bridgehead atoms. The normalized spacial score (nSPS) is 16.0. The summed E-state index contributed by atoms with van der Waals surface area (Å²) < 4.78 is 40.3. The van der Waals surface area contributed by atoms with E-state index in [4.69, 9.17) is 0 Å². The maximum absolute atomic E-state index is 13.1. The molecule has 1 aromatic carbocycles. The van der Waals surface area contributed by atoms with Crippen LogP contribution in [0.5, 0.6) is 0 Å². The Morgan fingerprint density at radius 2 is 1.71 bits per heavy atom. The van der Waals surface area contributed by atoms with E-state index in [1.54, 1.807) is 4.90 Å². The molecule has 1 fully saturated rings. The number of carbonyl (C=O) groups is 1. The molecular formula is C16H17F3N4O. The molecule has 1 aliphatic heterocycles. The summed E-state index contributed by atoms with van der Waals surface area (Å²) in [6.07, 6.45) is 0.772. The summed E-state index contributed by atoms with van der Waals surface area (Å²) in [6, 6.07) is 5.08. The number of halogens is 3. The Labute approximate surface area is 137 Å². The molecule has 3 rings (SSSR count). The van der Waals surface area contributed by atoms with Crippen LogP contribution < -0.4 is 0 Å². The molecular weight excluding hydrogens is 321 g/mol. The van der Waals surface area contributed by atoms with Crippen molar-refractivity contribution in [3.8, 4) is 5.69 Å². The Morgan fingerprint density at radius 1 is 1.04 bits per heavy atom. The molecule has 1 aromatic heterocycles. The van der Waals surface area contributed by atoms with Crippen LogP contribution in [-0.2, 0) is 6.18 Å². The van der Waals surface area contributed by atoms with E-state index in [2.05, 4.69) is 10.3 Å². The first-order chi connectivity index (χ1) is 11.5. The smallest absolute Gasteiger partial charge is 0.337 e. The number of aromatic nitrogens is 3. The molecule has 8 heteroatoms. The minimum absolute atomic E-state index is 0.0638. The van der Waals surface area contributed by atoms with Gasteiger partial charge in [-0.15, -0.1) is 5.10 Å². The molecule has 24 heavy (non-hydrogen) atoms. The van der Waals surface area contributed by atoms with E-state index in [0.717, 1.165) is 36.4 Å². The standard InChI is InChI=1S/C16H17F3N4O/c17-16(18,19)12-7-3-4-8-14(12)23-11-13(20-21-23)15(24)22-9-5-1-2-6-10-22/h3-4,7-8,11H,1-2,5-6,9-10H2. The summed E-state index contributed by atoms with van der Waals surface area (Å²) >= 11 is 0. The predicted molar refractivity (Wildman–Crippen MR) is 80.7 cm³/mol. The van der Waals surface area contributed by atoms with Gasteiger partial charge in [-0.25, -0.2) is 4.68 Å². The van der Waals surface area contributed by atoms with Gasteiger partial charge >= 0.3 is 6.18 Å². The number of para-hydroxylation sites is 1. The van der Waals surface area contributed by atoms with E-state index in [1.165, 1.54) is 24.4 Å². The molecule has 1 saturated heterocycles. The second kappa shape index (κ2) is 6.62. The van der Waals surface area contributed by atoms with Gasteiger partial charge in [-0.1, -0.05) is 30.2 Å². The Balaban J connectivity index is 1.87. The highest BCUT2D eigenvalue weighted by atomic mass is 19.4. The third kappa shape index (κ3) is 3.42. The number of likely N-dealkylation sites (tertiary alicyclic amines) is 1. The number of rotatable bonds is 2. The summed E-state index contributed by atoms with van der Waals surface area (Å²) in [7, 11) is 0. The fraction of sp³-hybridized carbons (Fsp3) is 0.438. The molecule has 0 radical (unpaired) electrons. The monoisotopic (exact) mass is 338 g/mol. The van der Waals surface area contributed by atoms with Gasteiger partial charge in [0.2, 0.25) is 0 Å². The van der Waals surface area contributed by atoms with Crippen LogP contribution in [0, 0.1) is 0 Å². The molecule has 0 spiro atoms. The summed E-state index contributed by atoms with van der Waals surface area (Å²) in [6.45, 7) is 1.29. The van der Waals surface area contributed by atoms with E-state index in [0.29, 0.717) is 13.1 Å². The van der Waals surface area contributed by atoms with Crippen molar-refractivity contribution in [2.24, 2.45) is 0 Å². The molecule has 1 aliphatic rings. The number of alkyl halides is 3. The van der Waals surface area contributed by atoms with Crippen LogP contribution in [0.25, 0.3) is 5.69 Å². The predicted octanol–water partition coefficient (Wildman–Crippen LogP) is 3.30. The van der Waals surface area contributed by atoms with Crippen LogP contribution in [0.2, 0.25) is 0 Å². The molecule has 0 aliphatic carbocycles. The zero-order valence-corrected chi connectivity index (χ0v) is 13.0. The highest BCUT2D eigenvalue weighted by molar-refractivity contribution is 5.92. The van der Waals surface area contributed by atoms with Gasteiger partial charge in [0.15, 0.2) is 5.69 Å². The molecule has 0 atom stereocenters. The number of hydrogen-bond donors (Lipinski definition) is 0. The van der Waals surface area contributed by atoms with Gasteiger partial charge in [0.1, 0.15) is 0 Å². The van der Waals surface area contributed by atoms with Crippen molar-refractivity contribution < 1.29 is 18.0 Å². The molecule has 0 N–H and O–H groups in total. The largest absolute Gasteiger partial charge is 0.418 e. The Morgan fingerprint density at radius 3 is 2.38 bits per heavy atom. The van der Waals surface area contributed by atoms with Gasteiger partial charge in [0.25, 0.3) is 5.91 Å². The average Bonchev–Trinajstić information content (AvgIpc) is 2.89. The summed E-state index contributed by atoms with van der Waals surface area (Å²) in [4.78, 5) is 14.2. The lowest BCUT2D eigenvalue weighted by Gasteiger charge is -2.18. The maximum atomic E-state index is 13.1. The van der Waals surface area contributed by atoms with Crippen LogP contribution in [-0.4, -0.2) is 38.9 Å². The summed E-state index contributed by atoms with van der Waals surface area (Å²) in [5.41, 5.74) is -0.898. The van der Waals surface area contributed by atoms with Gasteiger partial charge in [-0.2, -0.15) is 13.2 Å². The lowest BCUT2D eigenvalue weighted by molar-refractivity contribution is -0.137. The Kier molecular flexibility index (Phi) is 4.55. The lowest BCUT2D eigenvalue weighted by atomic mass is 10.1. The first-order valence-corrected chi connectivity index (χ1v) is 7.85. The number of hydrogen-bond acceptors (Lipinski definition) is 3. The van der Waals surface area contributed by atoms with E-state index in [9.17, 15) is 18.0 Å². The zero-order valence-electron chi connectivity index (χ0n) is 13.0. The minimum atomic E-state index is -4.50. The zero-order chi connectivity index (χ0) is 17.2. The molecule has 1 amide bonds. The first-order valence-electron chi connectivity index (χ1n) is 7.85. The fourth-order valence-electron chi connectivity index (χ4n) is 2.83. The van der Waals surface area contributed by atoms with Crippen molar-refractivity contribution in [2.45, 2.75) is 31.9 Å². The third-order valence-corrected chi connectivity index (χ3v) is 4.06. The molecule has 5 nitrogen and oxygen atoms in total. The van der Waals surface area contributed by atoms with Crippen molar-refractivity contribution in [2.75, 3.05) is 13.1 Å². The van der Waals surface area contributed by atoms with Crippen LogP contribution >= 0.6 is 0 Å². The molecule has 0 saturated carbocycles. The Bertz CT molecular complexity index is 718. The van der Waals surface area contributed by atoms with Gasteiger partial charge < -0.3 is 4.90 Å². The van der Waals surface area contributed by atoms with Crippen LogP contribution in [0.1, 0.15) is 41.7 Å². The second-order valence-electron chi connectivity index (χ2n) is 5.77. The maximum Gasteiger partial charge on any atom is 0.418 e. The fourth-order valence-corrected chi connectivity index (χ4v) is 2.83. The third-order valence-electron chi connectivity index (χ3n) is 4.06. The van der Waals surface area contributed by atoms with Gasteiger partial charge in [0.05, 0.1) is 17.4 Å². The number of benzene rings is 1. The van der Waals surface area contributed by atoms with Crippen molar-refractivity contribution in [1.29, 1.82) is 0 Å². The van der Waals surface area contributed by atoms with Crippen molar-refractivity contribution in [3.63, 3.8) is 0 Å². The van der Waals surface area contributed by atoms with Crippen LogP contribution in [0.4, 0.5) is 13.2 Å². The number of carbonyl (C=O) groups excluding carboxylic acids is 1. The number of nitrogens with zero attached hydrogens (tertiary/aromatic N) is 4. The van der Waals surface area contributed by atoms with Gasteiger partial charge in [0, 0.05) is 13.1 Å². The Hall–Kier alpha value is -2.38. The second-order valence-corrected chi connectivity index (χ2v) is 5.77. The summed E-state index contributed by atoms with van der Waals surface area (Å²) in [5.74, 6) is -0.285. The SMILES string of the molecule is O=C(c1cn(-c2ccccc2C(F)(F)F)nn1)N1CCCCCC1. The van der Waals surface area contributed by atoms with Crippen molar-refractivity contribution in [3.05, 3.63) is 41.7 Å². The highest BCUT2D eigenvalue weighted by Gasteiger charge is 2.34. The molecule has 2 aromatic rings. The summed E-state index contributed by atoms with van der Waals surface area (Å²) in [5, 5.41) is 7.49. The van der Waals surface area contributed by atoms with Crippen LogP contribution in [0.15, 0.2) is 30.5 Å². The van der Waals surface area contributed by atoms with E-state index in [1.807, 2.05) is 0 Å². The van der Waals surface area contributed by atoms with Crippen LogP contribution in [0.3, 0.4) is 0 Å². The topological polar surface area (TPSA) is 51.0 Å². The highest BCUT2D eigenvalue weighted by Crippen LogP contribution is 2.33. The lowest BCUT2D eigenvalue weighted by Crippen LogP contribution is -2.32. The minimum Gasteiger partial charge on any atom is -0.337 e. The molecule has 128 valence electrons. The van der Waals surface area contributed by atoms with Gasteiger partial charge in [-0.05, 0) is 25.0 Å². The van der Waals surface area contributed by atoms with E-state index < -0.39 is 11.7 Å². The van der Waals surface area contributed by atoms with E-state index >= 15 is 0 Å². The molecule has 0 unspecified atom stereocenters. The quantitative estimate of drug-likeness (QED) is 0.844. The average molecular weight is 338 g/mol. The van der Waals surface area contributed by atoms with Crippen molar-refractivity contribution in [1.82, 2.24) is 19.9 Å². The molecule has 2 heterocycles.